The molecule has 2 aromatic rings. The molecule has 1 fully saturated rings. The molecule has 1 aliphatic rings. The van der Waals surface area contributed by atoms with Crippen molar-refractivity contribution < 1.29 is 19.4 Å². The number of carbonyl (C=O) groups excluding carboxylic acids is 1. The summed E-state index contributed by atoms with van der Waals surface area (Å²) in [4.78, 5) is 24.6. The molecular weight excluding hydrogens is 428 g/mol. The molecule has 2 aromatic carbocycles. The predicted octanol–water partition coefficient (Wildman–Crippen LogP) is 4.23. The van der Waals surface area contributed by atoms with Crippen LogP contribution in [0.2, 0.25) is 0 Å². The van der Waals surface area contributed by atoms with E-state index in [4.69, 9.17) is 9.84 Å². The lowest BCUT2D eigenvalue weighted by Crippen LogP contribution is -2.38. The van der Waals surface area contributed by atoms with Crippen molar-refractivity contribution in [2.24, 2.45) is 5.92 Å². The topological polar surface area (TPSA) is 78.9 Å². The van der Waals surface area contributed by atoms with E-state index in [2.05, 4.69) is 71.7 Å². The molecule has 1 saturated heterocycles. The summed E-state index contributed by atoms with van der Waals surface area (Å²) in [5.74, 6) is -0.308. The number of nitrogens with one attached hydrogen (secondary N) is 1. The fraction of sp³-hybridized carbons (Fsp3) is 0.500. The van der Waals surface area contributed by atoms with Crippen molar-refractivity contribution in [3.63, 3.8) is 0 Å². The number of hydrogen-bond acceptors (Lipinski definition) is 4. The maximum Gasteiger partial charge on any atom is 0.329 e. The van der Waals surface area contributed by atoms with Gasteiger partial charge in [0.1, 0.15) is 13.2 Å². The summed E-state index contributed by atoms with van der Waals surface area (Å²) in [6.07, 6.45) is 5.56. The number of amides is 1. The number of hydrogen-bond donors (Lipinski definition) is 2. The number of carbonyl (C=O) groups is 2. The number of benzene rings is 2. The van der Waals surface area contributed by atoms with Gasteiger partial charge in [-0.3, -0.25) is 4.79 Å². The van der Waals surface area contributed by atoms with Gasteiger partial charge < -0.3 is 20.1 Å². The van der Waals surface area contributed by atoms with E-state index in [-0.39, 0.29) is 12.5 Å². The first kappa shape index (κ1) is 25.9. The van der Waals surface area contributed by atoms with Gasteiger partial charge in [-0.25, -0.2) is 4.79 Å². The summed E-state index contributed by atoms with van der Waals surface area (Å²) >= 11 is 0. The molecule has 0 radical (unpaired) electrons. The Morgan fingerprint density at radius 3 is 2.50 bits per heavy atom. The zero-order valence-corrected chi connectivity index (χ0v) is 20.2. The zero-order chi connectivity index (χ0) is 24.2. The Morgan fingerprint density at radius 1 is 1.03 bits per heavy atom. The molecule has 34 heavy (non-hydrogen) atoms. The van der Waals surface area contributed by atoms with Crippen LogP contribution in [0.3, 0.4) is 0 Å². The summed E-state index contributed by atoms with van der Waals surface area (Å²) in [7, 11) is 0. The quantitative estimate of drug-likeness (QED) is 0.432. The highest BCUT2D eigenvalue weighted by molar-refractivity contribution is 5.77. The molecule has 0 bridgehead atoms. The van der Waals surface area contributed by atoms with Gasteiger partial charge in [0.25, 0.3) is 0 Å². The van der Waals surface area contributed by atoms with Gasteiger partial charge in [-0.05, 0) is 62.7 Å². The van der Waals surface area contributed by atoms with E-state index in [0.717, 1.165) is 38.9 Å². The van der Waals surface area contributed by atoms with Crippen molar-refractivity contribution in [1.29, 1.82) is 0 Å². The van der Waals surface area contributed by atoms with Crippen molar-refractivity contribution in [2.45, 2.75) is 44.9 Å². The van der Waals surface area contributed by atoms with Crippen molar-refractivity contribution in [1.82, 2.24) is 10.2 Å². The van der Waals surface area contributed by atoms with Crippen LogP contribution >= 0.6 is 0 Å². The van der Waals surface area contributed by atoms with Crippen molar-refractivity contribution in [3.05, 3.63) is 71.3 Å². The molecule has 6 heteroatoms. The van der Waals surface area contributed by atoms with E-state index in [1.807, 2.05) is 0 Å². The smallest absolute Gasteiger partial charge is 0.329 e. The summed E-state index contributed by atoms with van der Waals surface area (Å²) in [5, 5.41) is 11.3. The summed E-state index contributed by atoms with van der Waals surface area (Å²) < 4.78 is 4.80. The van der Waals surface area contributed by atoms with Gasteiger partial charge in [0, 0.05) is 19.0 Å². The highest BCUT2D eigenvalue weighted by Crippen LogP contribution is 2.37. The highest BCUT2D eigenvalue weighted by atomic mass is 16.5. The molecule has 0 aliphatic carbocycles. The largest absolute Gasteiger partial charge is 0.480 e. The normalized spacial score (nSPS) is 17.3. The number of carboxylic acid groups (broad SMARTS) is 1. The number of unbranched alkanes of at least 4 members (excludes halogenated alkanes) is 2. The third-order valence-corrected chi connectivity index (χ3v) is 6.54. The summed E-state index contributed by atoms with van der Waals surface area (Å²) in [6, 6.07) is 20.0. The Balaban J connectivity index is 1.44. The molecule has 0 spiro atoms. The van der Waals surface area contributed by atoms with E-state index in [1.165, 1.54) is 29.5 Å². The zero-order valence-electron chi connectivity index (χ0n) is 20.2. The third kappa shape index (κ3) is 8.58. The minimum absolute atomic E-state index is 0.203. The SMILES string of the molecule is Cc1ccc(C(c2ccccc2)C2CCCN(CCCCCNC(=O)COCC(=O)O)C2)cc1. The van der Waals surface area contributed by atoms with Crippen LogP contribution in [0.25, 0.3) is 0 Å². The molecule has 3 rings (SSSR count). The molecule has 0 saturated carbocycles. The first-order valence-corrected chi connectivity index (χ1v) is 12.4. The molecular formula is C28H38N2O4. The second-order valence-electron chi connectivity index (χ2n) is 9.30. The molecule has 0 aromatic heterocycles. The number of rotatable bonds is 13. The van der Waals surface area contributed by atoms with E-state index in [0.29, 0.717) is 18.4 Å². The van der Waals surface area contributed by atoms with Gasteiger partial charge in [0.2, 0.25) is 5.91 Å². The van der Waals surface area contributed by atoms with Crippen LogP contribution in [0.1, 0.15) is 54.7 Å². The maximum atomic E-state index is 11.6. The molecule has 1 heterocycles. The Hall–Kier alpha value is -2.70. The Labute approximate surface area is 203 Å². The molecule has 1 aliphatic heterocycles. The summed E-state index contributed by atoms with van der Waals surface area (Å²) in [5.41, 5.74) is 4.11. The highest BCUT2D eigenvalue weighted by Gasteiger charge is 2.29. The average Bonchev–Trinajstić information content (AvgIpc) is 2.83. The van der Waals surface area contributed by atoms with Crippen LogP contribution < -0.4 is 5.32 Å². The van der Waals surface area contributed by atoms with Crippen LogP contribution in [0.15, 0.2) is 54.6 Å². The van der Waals surface area contributed by atoms with E-state index in [9.17, 15) is 9.59 Å². The average molecular weight is 467 g/mol. The molecule has 2 atom stereocenters. The van der Waals surface area contributed by atoms with E-state index in [1.54, 1.807) is 0 Å². The number of ether oxygens (including phenoxy) is 1. The molecule has 6 nitrogen and oxygen atoms in total. The molecule has 2 N–H and O–H groups in total. The first-order chi connectivity index (χ1) is 16.5. The van der Waals surface area contributed by atoms with Gasteiger partial charge in [-0.2, -0.15) is 0 Å². The lowest BCUT2D eigenvalue weighted by molar-refractivity contribution is -0.143. The fourth-order valence-electron chi connectivity index (χ4n) is 4.88. The Morgan fingerprint density at radius 2 is 1.76 bits per heavy atom. The van der Waals surface area contributed by atoms with Gasteiger partial charge in [-0.15, -0.1) is 0 Å². The Kier molecular flexibility index (Phi) is 10.6. The second-order valence-corrected chi connectivity index (χ2v) is 9.30. The summed E-state index contributed by atoms with van der Waals surface area (Å²) in [6.45, 7) is 5.45. The van der Waals surface area contributed by atoms with Crippen LogP contribution in [0.4, 0.5) is 0 Å². The number of aryl methyl sites for hydroxylation is 1. The van der Waals surface area contributed by atoms with Crippen molar-refractivity contribution in [3.8, 4) is 0 Å². The van der Waals surface area contributed by atoms with Crippen LogP contribution in [0, 0.1) is 12.8 Å². The monoisotopic (exact) mass is 466 g/mol. The fourth-order valence-corrected chi connectivity index (χ4v) is 4.88. The minimum Gasteiger partial charge on any atom is -0.480 e. The van der Waals surface area contributed by atoms with Gasteiger partial charge >= 0.3 is 5.97 Å². The van der Waals surface area contributed by atoms with Gasteiger partial charge in [0.15, 0.2) is 0 Å². The molecule has 2 unspecified atom stereocenters. The third-order valence-electron chi connectivity index (χ3n) is 6.54. The standard InChI is InChI=1S/C28H38N2O4/c1-22-12-14-24(15-13-22)28(23-9-4-2-5-10-23)25-11-8-18-30(19-25)17-7-3-6-16-29-26(31)20-34-21-27(32)33/h2,4-5,9-10,12-15,25,28H,3,6-8,11,16-21H2,1H3,(H,29,31)(H,32,33). The number of carboxylic acids is 1. The Bertz CT molecular complexity index is 885. The first-order valence-electron chi connectivity index (χ1n) is 12.4. The van der Waals surface area contributed by atoms with Gasteiger partial charge in [-0.1, -0.05) is 66.6 Å². The predicted molar refractivity (Wildman–Crippen MR) is 134 cm³/mol. The van der Waals surface area contributed by atoms with Crippen LogP contribution in [-0.4, -0.2) is 61.3 Å². The number of likely N-dealkylation sites (tertiary alicyclic amines) is 1. The lowest BCUT2D eigenvalue weighted by atomic mass is 9.77. The lowest BCUT2D eigenvalue weighted by Gasteiger charge is -2.37. The second kappa shape index (κ2) is 13.9. The molecule has 1 amide bonds. The van der Waals surface area contributed by atoms with Gasteiger partial charge in [0.05, 0.1) is 0 Å². The van der Waals surface area contributed by atoms with Crippen LogP contribution in [0.5, 0.6) is 0 Å². The van der Waals surface area contributed by atoms with Crippen molar-refractivity contribution >= 4 is 11.9 Å². The van der Waals surface area contributed by atoms with E-state index < -0.39 is 12.6 Å². The van der Waals surface area contributed by atoms with E-state index >= 15 is 0 Å². The van der Waals surface area contributed by atoms with Crippen LogP contribution in [-0.2, 0) is 14.3 Å². The van der Waals surface area contributed by atoms with Crippen molar-refractivity contribution in [2.75, 3.05) is 39.4 Å². The number of piperidine rings is 1. The number of aliphatic carboxylic acids is 1. The minimum atomic E-state index is -1.07. The molecule has 184 valence electrons. The number of nitrogens with zero attached hydrogens (tertiary/aromatic N) is 1. The maximum absolute atomic E-state index is 11.6.